The number of rotatable bonds is 6. The lowest BCUT2D eigenvalue weighted by Gasteiger charge is -2.33. The summed E-state index contributed by atoms with van der Waals surface area (Å²) in [6.45, 7) is 1.93. The summed E-state index contributed by atoms with van der Waals surface area (Å²) in [6.07, 6.45) is 6.81. The first kappa shape index (κ1) is 19.9. The Morgan fingerprint density at radius 1 is 1.27 bits per heavy atom. The molecule has 0 radical (unpaired) electrons. The summed E-state index contributed by atoms with van der Waals surface area (Å²) in [5, 5.41) is 0. The lowest BCUT2D eigenvalue weighted by atomic mass is 9.87. The molecule has 1 saturated carbocycles. The zero-order chi connectivity index (χ0) is 19.1. The quantitative estimate of drug-likeness (QED) is 0.574. The van der Waals surface area contributed by atoms with Crippen molar-refractivity contribution in [2.45, 2.75) is 38.6 Å². The fourth-order valence-electron chi connectivity index (χ4n) is 3.07. The first-order valence-corrected chi connectivity index (χ1v) is 8.84. The number of benzene rings is 1. The van der Waals surface area contributed by atoms with Crippen LogP contribution in [0.3, 0.4) is 0 Å². The molecule has 0 spiro atoms. The van der Waals surface area contributed by atoms with Crippen LogP contribution in [0, 0.1) is 11.7 Å². The van der Waals surface area contributed by atoms with Gasteiger partial charge in [0.1, 0.15) is 0 Å². The average molecular weight is 363 g/mol. The van der Waals surface area contributed by atoms with Crippen molar-refractivity contribution < 1.29 is 23.5 Å². The zero-order valence-electron chi connectivity index (χ0n) is 15.5. The molecule has 26 heavy (non-hydrogen) atoms. The molecule has 0 bridgehead atoms. The van der Waals surface area contributed by atoms with Gasteiger partial charge in [-0.1, -0.05) is 13.0 Å². The minimum Gasteiger partial charge on any atom is -0.494 e. The predicted octanol–water partition coefficient (Wildman–Crippen LogP) is 3.43. The van der Waals surface area contributed by atoms with E-state index in [2.05, 4.69) is 6.92 Å². The van der Waals surface area contributed by atoms with Gasteiger partial charge in [-0.05, 0) is 55.4 Å². The van der Waals surface area contributed by atoms with Gasteiger partial charge < -0.3 is 14.4 Å². The molecule has 6 heteroatoms. The van der Waals surface area contributed by atoms with E-state index in [0.717, 1.165) is 25.7 Å². The number of ether oxygens (including phenoxy) is 2. The lowest BCUT2D eigenvalue weighted by molar-refractivity contribution is -0.148. The molecular weight excluding hydrogens is 337 g/mol. The van der Waals surface area contributed by atoms with Gasteiger partial charge in [-0.3, -0.25) is 4.79 Å². The maximum absolute atomic E-state index is 13.6. The molecule has 142 valence electrons. The van der Waals surface area contributed by atoms with Gasteiger partial charge in [0.05, 0.1) is 7.11 Å². The highest BCUT2D eigenvalue weighted by Gasteiger charge is 2.25. The second-order valence-corrected chi connectivity index (χ2v) is 6.75. The van der Waals surface area contributed by atoms with Gasteiger partial charge in [0, 0.05) is 19.2 Å². The van der Waals surface area contributed by atoms with Crippen LogP contribution < -0.4 is 4.74 Å². The first-order chi connectivity index (χ1) is 12.4. The topological polar surface area (TPSA) is 55.8 Å². The molecule has 1 fully saturated rings. The molecule has 1 aromatic rings. The van der Waals surface area contributed by atoms with Crippen LogP contribution in [0.1, 0.15) is 38.2 Å². The molecule has 0 aromatic heterocycles. The minimum absolute atomic E-state index is 0.135. The van der Waals surface area contributed by atoms with E-state index in [1.54, 1.807) is 18.0 Å². The molecule has 0 heterocycles. The highest BCUT2D eigenvalue weighted by Crippen LogP contribution is 2.26. The van der Waals surface area contributed by atoms with Crippen molar-refractivity contribution in [3.63, 3.8) is 0 Å². The third-order valence-corrected chi connectivity index (χ3v) is 4.85. The van der Waals surface area contributed by atoms with E-state index in [0.29, 0.717) is 11.5 Å². The Kier molecular flexibility index (Phi) is 7.18. The average Bonchev–Trinajstić information content (AvgIpc) is 2.64. The minimum atomic E-state index is -0.639. The first-order valence-electron chi connectivity index (χ1n) is 8.84. The van der Waals surface area contributed by atoms with E-state index in [9.17, 15) is 14.0 Å². The number of esters is 1. The van der Waals surface area contributed by atoms with Crippen molar-refractivity contribution in [2.75, 3.05) is 20.8 Å². The Morgan fingerprint density at radius 3 is 2.58 bits per heavy atom. The molecule has 0 aliphatic heterocycles. The van der Waals surface area contributed by atoms with Crippen LogP contribution in [0.15, 0.2) is 24.3 Å². The molecule has 1 aliphatic carbocycles. The fourth-order valence-corrected chi connectivity index (χ4v) is 3.07. The van der Waals surface area contributed by atoms with Gasteiger partial charge in [0.25, 0.3) is 5.91 Å². The summed E-state index contributed by atoms with van der Waals surface area (Å²) >= 11 is 0. The van der Waals surface area contributed by atoms with Crippen molar-refractivity contribution in [1.29, 1.82) is 0 Å². The van der Waals surface area contributed by atoms with Crippen LogP contribution in [0.25, 0.3) is 6.08 Å². The number of hydrogen-bond donors (Lipinski definition) is 0. The van der Waals surface area contributed by atoms with Crippen molar-refractivity contribution in [3.8, 4) is 5.75 Å². The Morgan fingerprint density at radius 2 is 1.96 bits per heavy atom. The largest absolute Gasteiger partial charge is 0.494 e. The van der Waals surface area contributed by atoms with E-state index in [4.69, 9.17) is 9.47 Å². The van der Waals surface area contributed by atoms with E-state index >= 15 is 0 Å². The van der Waals surface area contributed by atoms with Gasteiger partial charge in [0.2, 0.25) is 0 Å². The summed E-state index contributed by atoms with van der Waals surface area (Å²) in [7, 11) is 3.14. The van der Waals surface area contributed by atoms with Crippen LogP contribution >= 0.6 is 0 Å². The summed E-state index contributed by atoms with van der Waals surface area (Å²) in [4.78, 5) is 25.6. The van der Waals surface area contributed by atoms with Gasteiger partial charge in [-0.15, -0.1) is 0 Å². The second kappa shape index (κ2) is 9.36. The number of hydrogen-bond acceptors (Lipinski definition) is 4. The Labute approximate surface area is 153 Å². The summed E-state index contributed by atoms with van der Waals surface area (Å²) < 4.78 is 23.4. The summed E-state index contributed by atoms with van der Waals surface area (Å²) in [5.41, 5.74) is 0.500. The molecule has 0 N–H and O–H groups in total. The number of methoxy groups -OCH3 is 1. The molecule has 0 unspecified atom stereocenters. The normalized spacial score (nSPS) is 20.0. The predicted molar refractivity (Wildman–Crippen MR) is 97.1 cm³/mol. The third-order valence-electron chi connectivity index (χ3n) is 4.85. The van der Waals surface area contributed by atoms with E-state index in [-0.39, 0.29) is 24.3 Å². The maximum Gasteiger partial charge on any atom is 0.331 e. The Balaban J connectivity index is 1.80. The smallest absolute Gasteiger partial charge is 0.331 e. The van der Waals surface area contributed by atoms with E-state index < -0.39 is 11.8 Å². The van der Waals surface area contributed by atoms with Gasteiger partial charge in [-0.2, -0.15) is 0 Å². The monoisotopic (exact) mass is 363 g/mol. The van der Waals surface area contributed by atoms with Crippen LogP contribution in [-0.2, 0) is 14.3 Å². The second-order valence-electron chi connectivity index (χ2n) is 6.75. The van der Waals surface area contributed by atoms with Crippen molar-refractivity contribution in [3.05, 3.63) is 35.7 Å². The molecular formula is C20H26FNO4. The fraction of sp³-hybridized carbons (Fsp3) is 0.500. The summed E-state index contributed by atoms with van der Waals surface area (Å²) in [6, 6.07) is 4.57. The van der Waals surface area contributed by atoms with Crippen LogP contribution in [0.2, 0.25) is 0 Å². The van der Waals surface area contributed by atoms with Gasteiger partial charge in [-0.25, -0.2) is 9.18 Å². The molecule has 1 aliphatic rings. The highest BCUT2D eigenvalue weighted by atomic mass is 19.1. The number of nitrogens with zero attached hydrogens (tertiary/aromatic N) is 1. The summed E-state index contributed by atoms with van der Waals surface area (Å²) in [5.74, 6) is -0.514. The molecule has 2 rings (SSSR count). The highest BCUT2D eigenvalue weighted by molar-refractivity contribution is 5.89. The van der Waals surface area contributed by atoms with Crippen molar-refractivity contribution >= 4 is 18.0 Å². The zero-order valence-corrected chi connectivity index (χ0v) is 15.5. The standard InChI is InChI=1S/C20H26FNO4/c1-14-4-8-16(9-5-14)22(2)19(23)13-26-20(24)11-7-15-6-10-18(25-3)17(21)12-15/h6-7,10-12,14,16H,4-5,8-9,13H2,1-3H3/b11-7+. The third kappa shape index (κ3) is 5.58. The number of carbonyl (C=O) groups excluding carboxylic acids is 2. The van der Waals surface area contributed by atoms with E-state index in [1.165, 1.54) is 31.4 Å². The lowest BCUT2D eigenvalue weighted by Crippen LogP contribution is -2.41. The number of amides is 1. The molecule has 0 atom stereocenters. The van der Waals surface area contributed by atoms with Crippen molar-refractivity contribution in [1.82, 2.24) is 4.90 Å². The van der Waals surface area contributed by atoms with Crippen LogP contribution in [0.5, 0.6) is 5.75 Å². The number of likely N-dealkylation sites (N-methyl/N-ethyl adjacent to an activating group) is 1. The van der Waals surface area contributed by atoms with Gasteiger partial charge >= 0.3 is 5.97 Å². The van der Waals surface area contributed by atoms with Crippen LogP contribution in [-0.4, -0.2) is 43.6 Å². The molecule has 0 saturated heterocycles. The molecule has 5 nitrogen and oxygen atoms in total. The maximum atomic E-state index is 13.6. The van der Waals surface area contributed by atoms with Crippen molar-refractivity contribution in [2.24, 2.45) is 5.92 Å². The SMILES string of the molecule is COc1ccc(/C=C/C(=O)OCC(=O)N(C)C2CCC(C)CC2)cc1F. The number of halogens is 1. The van der Waals surface area contributed by atoms with Crippen LogP contribution in [0.4, 0.5) is 4.39 Å². The molecule has 1 aromatic carbocycles. The number of carbonyl (C=O) groups is 2. The van der Waals surface area contributed by atoms with E-state index in [1.807, 2.05) is 0 Å². The molecule has 1 amide bonds. The Bertz CT molecular complexity index is 666. The Hall–Kier alpha value is -2.37. The van der Waals surface area contributed by atoms with Gasteiger partial charge in [0.15, 0.2) is 18.2 Å².